The Morgan fingerprint density at radius 2 is 2.10 bits per heavy atom. The highest BCUT2D eigenvalue weighted by Gasteiger charge is 2.38. The van der Waals surface area contributed by atoms with Gasteiger partial charge in [-0.2, -0.15) is 0 Å². The number of aliphatic hydroxyl groups excluding tert-OH is 1. The summed E-state index contributed by atoms with van der Waals surface area (Å²) in [6.45, 7) is 2.10. The molecule has 116 valence electrons. The maximum atomic E-state index is 11.8. The summed E-state index contributed by atoms with van der Waals surface area (Å²) in [4.78, 5) is 25.9. The highest BCUT2D eigenvalue weighted by Crippen LogP contribution is 2.17. The quantitative estimate of drug-likeness (QED) is 0.509. The zero-order chi connectivity index (χ0) is 15.1. The Hall–Kier alpha value is -1.38. The molecule has 3 N–H and O–H groups in total. The van der Waals surface area contributed by atoms with Gasteiger partial charge in [0.15, 0.2) is 0 Å². The molecule has 0 radical (unpaired) electrons. The van der Waals surface area contributed by atoms with Gasteiger partial charge in [0.1, 0.15) is 6.04 Å². The van der Waals surface area contributed by atoms with Crippen LogP contribution in [0.4, 0.5) is 4.79 Å². The molecular formula is C12H23N3O5. The van der Waals surface area contributed by atoms with E-state index in [4.69, 9.17) is 9.84 Å². The number of carbonyl (C=O) groups is 2. The number of carbonyl (C=O) groups excluding carboxylic acids is 1. The summed E-state index contributed by atoms with van der Waals surface area (Å²) in [5, 5.41) is 21.0. The lowest BCUT2D eigenvalue weighted by molar-refractivity contribution is -0.141. The average Bonchev–Trinajstić information content (AvgIpc) is 2.75. The summed E-state index contributed by atoms with van der Waals surface area (Å²) >= 11 is 0. The minimum atomic E-state index is -1.10. The van der Waals surface area contributed by atoms with Gasteiger partial charge in [0.05, 0.1) is 19.3 Å². The molecular weight excluding hydrogens is 266 g/mol. The molecule has 1 aliphatic heterocycles. The van der Waals surface area contributed by atoms with Crippen LogP contribution in [-0.2, 0) is 9.53 Å². The first-order valence-corrected chi connectivity index (χ1v) is 6.59. The van der Waals surface area contributed by atoms with Crippen molar-refractivity contribution in [2.24, 2.45) is 0 Å². The highest BCUT2D eigenvalue weighted by atomic mass is 16.5. The Balaban J connectivity index is 2.23. The van der Waals surface area contributed by atoms with Gasteiger partial charge in [-0.3, -0.25) is 0 Å². The van der Waals surface area contributed by atoms with Gasteiger partial charge in [-0.25, -0.2) is 9.59 Å². The molecule has 1 aliphatic rings. The predicted octanol–water partition coefficient (Wildman–Crippen LogP) is -1.21. The van der Waals surface area contributed by atoms with Crippen molar-refractivity contribution in [3.05, 3.63) is 0 Å². The van der Waals surface area contributed by atoms with Gasteiger partial charge in [0, 0.05) is 26.1 Å². The molecule has 1 heterocycles. The lowest BCUT2D eigenvalue weighted by atomic mass is 10.2. The Morgan fingerprint density at radius 3 is 2.70 bits per heavy atom. The van der Waals surface area contributed by atoms with Crippen molar-refractivity contribution in [3.8, 4) is 0 Å². The van der Waals surface area contributed by atoms with Crippen molar-refractivity contribution in [1.82, 2.24) is 15.1 Å². The molecule has 0 aromatic rings. The SMILES string of the molecule is CN(C)CCOCCNC(=O)N1C[C@H](O)C[C@H]1C(=O)O. The van der Waals surface area contributed by atoms with Crippen LogP contribution in [0, 0.1) is 0 Å². The zero-order valence-electron chi connectivity index (χ0n) is 11.9. The topological polar surface area (TPSA) is 102 Å². The van der Waals surface area contributed by atoms with Crippen LogP contribution in [0.1, 0.15) is 6.42 Å². The number of β-amino-alcohol motifs (C(OH)–C–C–N with tert-alkyl or cyclic N) is 1. The second-order valence-electron chi connectivity index (χ2n) is 5.04. The minimum Gasteiger partial charge on any atom is -0.480 e. The zero-order valence-corrected chi connectivity index (χ0v) is 11.9. The number of aliphatic carboxylic acids is 1. The van der Waals surface area contributed by atoms with E-state index in [0.717, 1.165) is 11.4 Å². The summed E-state index contributed by atoms with van der Waals surface area (Å²) in [6, 6.07) is -1.44. The molecule has 1 rings (SSSR count). The largest absolute Gasteiger partial charge is 0.480 e. The van der Waals surface area contributed by atoms with E-state index in [1.165, 1.54) is 0 Å². The number of urea groups is 1. The van der Waals surface area contributed by atoms with Gasteiger partial charge < -0.3 is 30.1 Å². The van der Waals surface area contributed by atoms with E-state index >= 15 is 0 Å². The molecule has 1 saturated heterocycles. The fraction of sp³-hybridized carbons (Fsp3) is 0.833. The lowest BCUT2D eigenvalue weighted by Crippen LogP contribution is -2.47. The van der Waals surface area contributed by atoms with Gasteiger partial charge >= 0.3 is 12.0 Å². The van der Waals surface area contributed by atoms with Crippen LogP contribution < -0.4 is 5.32 Å². The highest BCUT2D eigenvalue weighted by molar-refractivity contribution is 5.83. The standard InChI is InChI=1S/C12H23N3O5/c1-14(2)4-6-20-5-3-13-12(19)15-8-9(16)7-10(15)11(17)18/h9-10,16H,3-8H2,1-2H3,(H,13,19)(H,17,18)/t9-,10+/m1/s1. The third-order valence-electron chi connectivity index (χ3n) is 3.03. The second kappa shape index (κ2) is 8.03. The van der Waals surface area contributed by atoms with Gasteiger partial charge in [0.2, 0.25) is 0 Å². The molecule has 8 nitrogen and oxygen atoms in total. The van der Waals surface area contributed by atoms with Crippen LogP contribution in [0.15, 0.2) is 0 Å². The normalized spacial score (nSPS) is 22.3. The van der Waals surface area contributed by atoms with E-state index in [1.807, 2.05) is 19.0 Å². The minimum absolute atomic E-state index is 0.0459. The number of nitrogens with one attached hydrogen (secondary N) is 1. The number of carboxylic acid groups (broad SMARTS) is 1. The van der Waals surface area contributed by atoms with Gasteiger partial charge in [-0.1, -0.05) is 0 Å². The first kappa shape index (κ1) is 16.7. The number of likely N-dealkylation sites (N-methyl/N-ethyl adjacent to an activating group) is 1. The van der Waals surface area contributed by atoms with E-state index in [1.54, 1.807) is 0 Å². The van der Waals surface area contributed by atoms with Crippen LogP contribution in [0.3, 0.4) is 0 Å². The fourth-order valence-electron chi connectivity index (χ4n) is 1.95. The Kier molecular flexibility index (Phi) is 6.69. The molecule has 2 amide bonds. The second-order valence-corrected chi connectivity index (χ2v) is 5.04. The van der Waals surface area contributed by atoms with E-state index in [0.29, 0.717) is 19.8 Å². The molecule has 8 heteroatoms. The number of rotatable bonds is 7. The number of aliphatic hydroxyl groups is 1. The Morgan fingerprint density at radius 1 is 1.40 bits per heavy atom. The molecule has 0 aromatic heterocycles. The van der Waals surface area contributed by atoms with E-state index < -0.39 is 24.1 Å². The first-order chi connectivity index (χ1) is 9.41. The summed E-state index contributed by atoms with van der Waals surface area (Å²) < 4.78 is 5.31. The molecule has 0 aliphatic carbocycles. The monoisotopic (exact) mass is 289 g/mol. The van der Waals surface area contributed by atoms with Crippen LogP contribution in [0.5, 0.6) is 0 Å². The number of hydrogen-bond donors (Lipinski definition) is 3. The summed E-state index contributed by atoms with van der Waals surface area (Å²) in [7, 11) is 3.88. The fourth-order valence-corrected chi connectivity index (χ4v) is 1.95. The van der Waals surface area contributed by atoms with Crippen molar-refractivity contribution in [3.63, 3.8) is 0 Å². The molecule has 0 unspecified atom stereocenters. The third kappa shape index (κ3) is 5.32. The predicted molar refractivity (Wildman–Crippen MR) is 71.5 cm³/mol. The lowest BCUT2D eigenvalue weighted by Gasteiger charge is -2.21. The summed E-state index contributed by atoms with van der Waals surface area (Å²) in [5.41, 5.74) is 0. The van der Waals surface area contributed by atoms with Crippen LogP contribution in [0.25, 0.3) is 0 Å². The molecule has 0 aromatic carbocycles. The van der Waals surface area contributed by atoms with Crippen molar-refractivity contribution >= 4 is 12.0 Å². The molecule has 1 fully saturated rings. The van der Waals surface area contributed by atoms with E-state index in [2.05, 4.69) is 5.32 Å². The molecule has 0 saturated carbocycles. The van der Waals surface area contributed by atoms with Crippen molar-refractivity contribution in [2.45, 2.75) is 18.6 Å². The third-order valence-corrected chi connectivity index (χ3v) is 3.03. The molecule has 0 bridgehead atoms. The summed E-state index contributed by atoms with van der Waals surface area (Å²) in [5.74, 6) is -1.10. The maximum Gasteiger partial charge on any atom is 0.326 e. The first-order valence-electron chi connectivity index (χ1n) is 6.59. The number of amides is 2. The van der Waals surface area contributed by atoms with Gasteiger partial charge in [-0.15, -0.1) is 0 Å². The number of carboxylic acids is 1. The Labute approximate surface area is 118 Å². The molecule has 0 spiro atoms. The van der Waals surface area contributed by atoms with Crippen LogP contribution in [-0.4, -0.2) is 91.1 Å². The smallest absolute Gasteiger partial charge is 0.326 e. The average molecular weight is 289 g/mol. The van der Waals surface area contributed by atoms with Crippen molar-refractivity contribution in [1.29, 1.82) is 0 Å². The Bertz CT molecular complexity index is 337. The number of hydrogen-bond acceptors (Lipinski definition) is 5. The molecule has 2 atom stereocenters. The van der Waals surface area contributed by atoms with Gasteiger partial charge in [-0.05, 0) is 14.1 Å². The van der Waals surface area contributed by atoms with Crippen LogP contribution >= 0.6 is 0 Å². The van der Waals surface area contributed by atoms with Crippen LogP contribution in [0.2, 0.25) is 0 Å². The van der Waals surface area contributed by atoms with E-state index in [-0.39, 0.29) is 13.0 Å². The number of nitrogens with zero attached hydrogens (tertiary/aromatic N) is 2. The van der Waals surface area contributed by atoms with E-state index in [9.17, 15) is 14.7 Å². The molecule has 20 heavy (non-hydrogen) atoms. The summed E-state index contributed by atoms with van der Waals surface area (Å²) in [6.07, 6.45) is -0.708. The van der Waals surface area contributed by atoms with Gasteiger partial charge in [0.25, 0.3) is 0 Å². The number of likely N-dealkylation sites (tertiary alicyclic amines) is 1. The maximum absolute atomic E-state index is 11.8. The van der Waals surface area contributed by atoms with Crippen molar-refractivity contribution < 1.29 is 24.5 Å². The van der Waals surface area contributed by atoms with Crippen molar-refractivity contribution in [2.75, 3.05) is 46.9 Å². The number of ether oxygens (including phenoxy) is 1.